The molecule has 0 unspecified atom stereocenters. The molecule has 2 aromatic rings. The molecule has 0 heterocycles. The van der Waals surface area contributed by atoms with E-state index < -0.39 is 0 Å². The fourth-order valence-electron chi connectivity index (χ4n) is 2.10. The Balaban J connectivity index is 2.48. The Labute approximate surface area is 121 Å². The van der Waals surface area contributed by atoms with Crippen LogP contribution in [0.4, 0.5) is 0 Å². The highest BCUT2D eigenvalue weighted by atomic mass is 15.1. The first-order valence-corrected chi connectivity index (χ1v) is 7.16. The van der Waals surface area contributed by atoms with Gasteiger partial charge in [-0.05, 0) is 25.0 Å². The fourth-order valence-corrected chi connectivity index (χ4v) is 2.10. The van der Waals surface area contributed by atoms with Crippen LogP contribution in [0.1, 0.15) is 25.0 Å². The molecule has 0 saturated heterocycles. The molecule has 0 aliphatic heterocycles. The largest absolute Gasteiger partial charge is 0.372 e. The van der Waals surface area contributed by atoms with Gasteiger partial charge >= 0.3 is 0 Å². The van der Waals surface area contributed by atoms with Crippen molar-refractivity contribution in [2.45, 2.75) is 13.8 Å². The monoisotopic (exact) mass is 263 g/mol. The van der Waals surface area contributed by atoms with Gasteiger partial charge in [-0.3, -0.25) is 0 Å². The van der Waals surface area contributed by atoms with Crippen LogP contribution in [0.15, 0.2) is 72.6 Å². The minimum Gasteiger partial charge on any atom is -0.372 e. The van der Waals surface area contributed by atoms with Gasteiger partial charge in [0.25, 0.3) is 0 Å². The molecule has 0 aliphatic rings. The maximum atomic E-state index is 3.47. The van der Waals surface area contributed by atoms with Crippen LogP contribution in [0, 0.1) is 0 Å². The van der Waals surface area contributed by atoms with Crippen LogP contribution >= 0.6 is 0 Å². The lowest BCUT2D eigenvalue weighted by atomic mass is 9.99. The molecule has 20 heavy (non-hydrogen) atoms. The number of hydrogen-bond acceptors (Lipinski definition) is 1. The molecular formula is C19H21N. The molecule has 0 amide bonds. The maximum absolute atomic E-state index is 3.47. The van der Waals surface area contributed by atoms with Crippen molar-refractivity contribution in [2.75, 3.05) is 13.1 Å². The smallest absolute Gasteiger partial charge is 0.0430 e. The summed E-state index contributed by atoms with van der Waals surface area (Å²) in [6.07, 6.45) is 2.06. The van der Waals surface area contributed by atoms with Gasteiger partial charge in [-0.25, -0.2) is 0 Å². The van der Waals surface area contributed by atoms with Crippen molar-refractivity contribution in [3.63, 3.8) is 0 Å². The average Bonchev–Trinajstić information content (AvgIpc) is 2.53. The maximum Gasteiger partial charge on any atom is 0.0430 e. The molecule has 0 radical (unpaired) electrons. The number of benzene rings is 2. The molecule has 0 N–H and O–H groups in total. The summed E-state index contributed by atoms with van der Waals surface area (Å²) in [4.78, 5) is 2.24. The van der Waals surface area contributed by atoms with Crippen molar-refractivity contribution in [3.8, 4) is 0 Å². The summed E-state index contributed by atoms with van der Waals surface area (Å²) in [6, 6.07) is 20.9. The van der Waals surface area contributed by atoms with Crippen LogP contribution in [0.5, 0.6) is 0 Å². The van der Waals surface area contributed by atoms with Crippen molar-refractivity contribution in [3.05, 3.63) is 83.7 Å². The lowest BCUT2D eigenvalue weighted by molar-refractivity contribution is 0.420. The van der Waals surface area contributed by atoms with Crippen molar-refractivity contribution < 1.29 is 0 Å². The average molecular weight is 263 g/mol. The standard InChI is InChI=1S/C19H21N/c1-3-20(4-2)16-15-19(17-11-7-5-8-12-17)18-13-9-6-10-14-18/h5-14,16H,3-4H2,1-2H3. The van der Waals surface area contributed by atoms with E-state index in [2.05, 4.69) is 79.2 Å². The molecule has 0 fully saturated rings. The first kappa shape index (κ1) is 14.2. The topological polar surface area (TPSA) is 3.24 Å². The molecular weight excluding hydrogens is 242 g/mol. The zero-order valence-electron chi connectivity index (χ0n) is 12.2. The predicted molar refractivity (Wildman–Crippen MR) is 86.4 cm³/mol. The summed E-state index contributed by atoms with van der Waals surface area (Å²) in [6.45, 7) is 6.32. The molecule has 1 nitrogen and oxygen atoms in total. The van der Waals surface area contributed by atoms with E-state index in [0.717, 1.165) is 18.7 Å². The molecule has 0 aromatic heterocycles. The van der Waals surface area contributed by atoms with Crippen molar-refractivity contribution in [1.29, 1.82) is 0 Å². The summed E-state index contributed by atoms with van der Waals surface area (Å²) < 4.78 is 0. The van der Waals surface area contributed by atoms with Gasteiger partial charge in [0.2, 0.25) is 0 Å². The molecule has 0 aliphatic carbocycles. The van der Waals surface area contributed by atoms with Crippen molar-refractivity contribution in [2.24, 2.45) is 0 Å². The Bertz CT molecular complexity index is 532. The second-order valence-electron chi connectivity index (χ2n) is 4.60. The molecule has 0 saturated carbocycles. The second-order valence-corrected chi connectivity index (χ2v) is 4.60. The third-order valence-corrected chi connectivity index (χ3v) is 3.33. The van der Waals surface area contributed by atoms with E-state index in [1.165, 1.54) is 11.1 Å². The number of nitrogens with zero attached hydrogens (tertiary/aromatic N) is 1. The lowest BCUT2D eigenvalue weighted by Crippen LogP contribution is -2.14. The normalized spacial score (nSPS) is 9.70. The summed E-state index contributed by atoms with van der Waals surface area (Å²) in [5, 5.41) is 0. The van der Waals surface area contributed by atoms with E-state index in [-0.39, 0.29) is 0 Å². The van der Waals surface area contributed by atoms with Crippen LogP contribution in [0.3, 0.4) is 0 Å². The first-order chi connectivity index (χ1) is 9.85. The molecule has 102 valence electrons. The van der Waals surface area contributed by atoms with E-state index in [4.69, 9.17) is 0 Å². The highest BCUT2D eigenvalue weighted by Crippen LogP contribution is 2.21. The van der Waals surface area contributed by atoms with E-state index in [9.17, 15) is 0 Å². The van der Waals surface area contributed by atoms with E-state index in [1.54, 1.807) is 0 Å². The van der Waals surface area contributed by atoms with Gasteiger partial charge in [0.15, 0.2) is 0 Å². The Morgan fingerprint density at radius 1 is 0.850 bits per heavy atom. The molecule has 2 rings (SSSR count). The molecule has 0 bridgehead atoms. The van der Waals surface area contributed by atoms with Gasteiger partial charge < -0.3 is 4.90 Å². The Morgan fingerprint density at radius 3 is 1.70 bits per heavy atom. The second kappa shape index (κ2) is 7.37. The zero-order chi connectivity index (χ0) is 14.2. The highest BCUT2D eigenvalue weighted by Gasteiger charge is 2.03. The lowest BCUT2D eigenvalue weighted by Gasteiger charge is -2.13. The zero-order valence-corrected chi connectivity index (χ0v) is 12.2. The van der Waals surface area contributed by atoms with E-state index in [0.29, 0.717) is 0 Å². The van der Waals surface area contributed by atoms with Crippen LogP contribution in [-0.2, 0) is 0 Å². The van der Waals surface area contributed by atoms with Gasteiger partial charge in [0, 0.05) is 24.9 Å². The Hall–Kier alpha value is -2.24. The van der Waals surface area contributed by atoms with Gasteiger partial charge in [-0.15, -0.1) is 0 Å². The SMILES string of the molecule is CCN(C=C=C(c1ccccc1)c1ccccc1)CC. The van der Waals surface area contributed by atoms with Crippen LogP contribution in [-0.4, -0.2) is 18.0 Å². The van der Waals surface area contributed by atoms with Gasteiger partial charge in [0.1, 0.15) is 0 Å². The van der Waals surface area contributed by atoms with Gasteiger partial charge in [0.05, 0.1) is 0 Å². The third-order valence-electron chi connectivity index (χ3n) is 3.33. The fraction of sp³-hybridized carbons (Fsp3) is 0.211. The third kappa shape index (κ3) is 3.63. The van der Waals surface area contributed by atoms with Crippen molar-refractivity contribution in [1.82, 2.24) is 4.90 Å². The van der Waals surface area contributed by atoms with E-state index >= 15 is 0 Å². The summed E-state index contributed by atoms with van der Waals surface area (Å²) in [5.74, 6) is 0. The minimum absolute atomic E-state index is 1.00. The van der Waals surface area contributed by atoms with E-state index in [1.807, 2.05) is 12.1 Å². The Kier molecular flexibility index (Phi) is 5.23. The van der Waals surface area contributed by atoms with Gasteiger partial charge in [-0.2, -0.15) is 0 Å². The number of rotatable bonds is 5. The van der Waals surface area contributed by atoms with Gasteiger partial charge in [-0.1, -0.05) is 66.4 Å². The molecule has 2 aromatic carbocycles. The summed E-state index contributed by atoms with van der Waals surface area (Å²) in [5.41, 5.74) is 7.00. The first-order valence-electron chi connectivity index (χ1n) is 7.16. The minimum atomic E-state index is 1.00. The van der Waals surface area contributed by atoms with Crippen molar-refractivity contribution >= 4 is 5.57 Å². The molecule has 0 atom stereocenters. The van der Waals surface area contributed by atoms with Crippen LogP contribution < -0.4 is 0 Å². The molecule has 0 spiro atoms. The number of hydrogen-bond donors (Lipinski definition) is 0. The quantitative estimate of drug-likeness (QED) is 0.714. The summed E-state index contributed by atoms with van der Waals surface area (Å²) in [7, 11) is 0. The molecule has 1 heteroatoms. The predicted octanol–water partition coefficient (Wildman–Crippen LogP) is 4.57. The van der Waals surface area contributed by atoms with Crippen LogP contribution in [0.25, 0.3) is 5.57 Å². The Morgan fingerprint density at radius 2 is 1.30 bits per heavy atom. The van der Waals surface area contributed by atoms with Crippen LogP contribution in [0.2, 0.25) is 0 Å². The summed E-state index contributed by atoms with van der Waals surface area (Å²) >= 11 is 0. The highest BCUT2D eigenvalue weighted by molar-refractivity contribution is 5.79.